The van der Waals surface area contributed by atoms with Crippen LogP contribution in [0.4, 0.5) is 0 Å². The van der Waals surface area contributed by atoms with Gasteiger partial charge >= 0.3 is 5.97 Å². The number of carboxylic acids is 1. The van der Waals surface area contributed by atoms with E-state index in [0.29, 0.717) is 6.42 Å². The lowest BCUT2D eigenvalue weighted by Gasteiger charge is -2.23. The van der Waals surface area contributed by atoms with Crippen molar-refractivity contribution in [2.45, 2.75) is 32.7 Å². The molecule has 1 unspecified atom stereocenters. The van der Waals surface area contributed by atoms with E-state index in [0.717, 1.165) is 22.8 Å². The molecule has 0 aliphatic heterocycles. The molecule has 0 bridgehead atoms. The topological polar surface area (TPSA) is 53.4 Å². The van der Waals surface area contributed by atoms with Crippen LogP contribution in [0.25, 0.3) is 10.6 Å². The molecule has 4 nitrogen and oxygen atoms in total. The van der Waals surface area contributed by atoms with Gasteiger partial charge in [0, 0.05) is 22.9 Å². The Kier molecular flexibility index (Phi) is 5.69. The third-order valence-electron chi connectivity index (χ3n) is 3.80. The summed E-state index contributed by atoms with van der Waals surface area (Å²) in [6.45, 7) is 4.96. The van der Waals surface area contributed by atoms with Gasteiger partial charge in [-0.2, -0.15) is 0 Å². The van der Waals surface area contributed by atoms with Crippen LogP contribution in [0.3, 0.4) is 0 Å². The number of hydrogen-bond acceptors (Lipinski definition) is 4. The quantitative estimate of drug-likeness (QED) is 0.839. The average molecular weight is 318 g/mol. The molecule has 0 spiro atoms. The number of hydrogen-bond donors (Lipinski definition) is 1. The van der Waals surface area contributed by atoms with E-state index in [-0.39, 0.29) is 12.5 Å². The molecule has 0 aliphatic rings. The molecule has 0 saturated heterocycles. The third kappa shape index (κ3) is 4.15. The van der Waals surface area contributed by atoms with E-state index >= 15 is 0 Å². The van der Waals surface area contributed by atoms with Crippen LogP contribution < -0.4 is 0 Å². The number of aliphatic carboxylic acids is 1. The average Bonchev–Trinajstić information content (AvgIpc) is 2.89. The maximum absolute atomic E-state index is 10.6. The van der Waals surface area contributed by atoms with Crippen LogP contribution >= 0.6 is 11.3 Å². The van der Waals surface area contributed by atoms with Gasteiger partial charge in [-0.05, 0) is 33.9 Å². The van der Waals surface area contributed by atoms with E-state index in [2.05, 4.69) is 24.0 Å². The molecule has 5 heteroatoms. The standard InChI is InChI=1S/C17H22N2O2S/c1-12-16(13(2)19(3)11-7-10-15(20)21)22-17(18-12)14-8-5-4-6-9-14/h4-6,8-9,13H,7,10-11H2,1-3H3,(H,20,21). The van der Waals surface area contributed by atoms with Gasteiger partial charge in [0.1, 0.15) is 5.01 Å². The Labute approximate surface area is 135 Å². The first-order valence-electron chi connectivity index (χ1n) is 7.44. The van der Waals surface area contributed by atoms with Crippen LogP contribution in [0.15, 0.2) is 30.3 Å². The molecule has 0 radical (unpaired) electrons. The maximum Gasteiger partial charge on any atom is 0.303 e. The smallest absolute Gasteiger partial charge is 0.303 e. The predicted octanol–water partition coefficient (Wildman–Crippen LogP) is 3.98. The highest BCUT2D eigenvalue weighted by atomic mass is 32.1. The van der Waals surface area contributed by atoms with Gasteiger partial charge in [-0.25, -0.2) is 4.98 Å². The fraction of sp³-hybridized carbons (Fsp3) is 0.412. The van der Waals surface area contributed by atoms with E-state index in [1.165, 1.54) is 4.88 Å². The Morgan fingerprint density at radius 2 is 2.05 bits per heavy atom. The highest BCUT2D eigenvalue weighted by Gasteiger charge is 2.18. The van der Waals surface area contributed by atoms with Crippen molar-refractivity contribution in [3.63, 3.8) is 0 Å². The van der Waals surface area contributed by atoms with Gasteiger partial charge in [-0.3, -0.25) is 9.69 Å². The molecule has 1 heterocycles. The minimum Gasteiger partial charge on any atom is -0.481 e. The summed E-state index contributed by atoms with van der Waals surface area (Å²) >= 11 is 1.72. The van der Waals surface area contributed by atoms with Crippen molar-refractivity contribution in [2.75, 3.05) is 13.6 Å². The lowest BCUT2D eigenvalue weighted by Crippen LogP contribution is -2.24. The van der Waals surface area contributed by atoms with Crippen LogP contribution in [-0.4, -0.2) is 34.6 Å². The summed E-state index contributed by atoms with van der Waals surface area (Å²) in [4.78, 5) is 18.7. The first kappa shape index (κ1) is 16.6. The van der Waals surface area contributed by atoms with E-state index in [1.807, 2.05) is 32.2 Å². The lowest BCUT2D eigenvalue weighted by molar-refractivity contribution is -0.137. The SMILES string of the molecule is Cc1nc(-c2ccccc2)sc1C(C)N(C)CCCC(=O)O. The number of carbonyl (C=O) groups is 1. The van der Waals surface area contributed by atoms with Gasteiger partial charge in [0.25, 0.3) is 0 Å². The van der Waals surface area contributed by atoms with Crippen LogP contribution in [-0.2, 0) is 4.79 Å². The summed E-state index contributed by atoms with van der Waals surface area (Å²) in [5, 5.41) is 9.77. The normalized spacial score (nSPS) is 12.5. The molecule has 118 valence electrons. The van der Waals surface area contributed by atoms with Crippen LogP contribution in [0.1, 0.15) is 36.4 Å². The molecule has 2 rings (SSSR count). The zero-order valence-corrected chi connectivity index (χ0v) is 14.1. The van der Waals surface area contributed by atoms with Crippen molar-refractivity contribution in [1.82, 2.24) is 9.88 Å². The van der Waals surface area contributed by atoms with Crippen molar-refractivity contribution >= 4 is 17.3 Å². The molecular weight excluding hydrogens is 296 g/mol. The number of rotatable bonds is 7. The summed E-state index contributed by atoms with van der Waals surface area (Å²) in [5.74, 6) is -0.735. The fourth-order valence-electron chi connectivity index (χ4n) is 2.37. The largest absolute Gasteiger partial charge is 0.481 e. The summed E-state index contributed by atoms with van der Waals surface area (Å²) in [6, 6.07) is 10.4. The number of aryl methyl sites for hydroxylation is 1. The van der Waals surface area contributed by atoms with Gasteiger partial charge < -0.3 is 5.11 Å². The zero-order chi connectivity index (χ0) is 16.1. The van der Waals surface area contributed by atoms with Crippen molar-refractivity contribution in [3.8, 4) is 10.6 Å². The molecular formula is C17H22N2O2S. The summed E-state index contributed by atoms with van der Waals surface area (Å²) in [7, 11) is 2.04. The van der Waals surface area contributed by atoms with Crippen molar-refractivity contribution in [3.05, 3.63) is 40.9 Å². The molecule has 0 fully saturated rings. The maximum atomic E-state index is 10.6. The second-order valence-corrected chi connectivity index (χ2v) is 6.52. The van der Waals surface area contributed by atoms with Gasteiger partial charge in [0.05, 0.1) is 5.69 Å². The molecule has 0 saturated carbocycles. The first-order valence-corrected chi connectivity index (χ1v) is 8.25. The Balaban J connectivity index is 2.08. The summed E-state index contributed by atoms with van der Waals surface area (Å²) in [5.41, 5.74) is 2.20. The van der Waals surface area contributed by atoms with Crippen molar-refractivity contribution < 1.29 is 9.90 Å². The van der Waals surface area contributed by atoms with Crippen molar-refractivity contribution in [1.29, 1.82) is 0 Å². The van der Waals surface area contributed by atoms with E-state index in [1.54, 1.807) is 11.3 Å². The van der Waals surface area contributed by atoms with Crippen molar-refractivity contribution in [2.24, 2.45) is 0 Å². The first-order chi connectivity index (χ1) is 10.5. The molecule has 1 aromatic carbocycles. The monoisotopic (exact) mass is 318 g/mol. The van der Waals surface area contributed by atoms with E-state index in [9.17, 15) is 4.79 Å². The van der Waals surface area contributed by atoms with Crippen LogP contribution in [0.5, 0.6) is 0 Å². The lowest BCUT2D eigenvalue weighted by atomic mass is 10.2. The Morgan fingerprint density at radius 3 is 2.68 bits per heavy atom. The minimum atomic E-state index is -0.735. The number of aromatic nitrogens is 1. The predicted molar refractivity (Wildman–Crippen MR) is 90.2 cm³/mol. The Morgan fingerprint density at radius 1 is 1.36 bits per heavy atom. The highest BCUT2D eigenvalue weighted by Crippen LogP contribution is 2.33. The number of benzene rings is 1. The summed E-state index contributed by atoms with van der Waals surface area (Å²) < 4.78 is 0. The van der Waals surface area contributed by atoms with Gasteiger partial charge in [0.2, 0.25) is 0 Å². The zero-order valence-electron chi connectivity index (χ0n) is 13.2. The Hall–Kier alpha value is -1.72. The second kappa shape index (κ2) is 7.51. The molecule has 0 aliphatic carbocycles. The molecule has 2 aromatic rings. The minimum absolute atomic E-state index is 0.216. The number of thiazole rings is 1. The molecule has 1 atom stereocenters. The van der Waals surface area contributed by atoms with E-state index < -0.39 is 5.97 Å². The molecule has 1 aromatic heterocycles. The van der Waals surface area contributed by atoms with Gasteiger partial charge in [-0.1, -0.05) is 30.3 Å². The van der Waals surface area contributed by atoms with E-state index in [4.69, 9.17) is 10.1 Å². The highest BCUT2D eigenvalue weighted by molar-refractivity contribution is 7.15. The van der Waals surface area contributed by atoms with Gasteiger partial charge in [-0.15, -0.1) is 11.3 Å². The van der Waals surface area contributed by atoms with Crippen LogP contribution in [0, 0.1) is 6.92 Å². The molecule has 0 amide bonds. The second-order valence-electron chi connectivity index (χ2n) is 5.49. The number of carboxylic acid groups (broad SMARTS) is 1. The summed E-state index contributed by atoms with van der Waals surface area (Å²) in [6.07, 6.45) is 0.883. The van der Waals surface area contributed by atoms with Crippen LogP contribution in [0.2, 0.25) is 0 Å². The van der Waals surface area contributed by atoms with Gasteiger partial charge in [0.15, 0.2) is 0 Å². The Bertz CT molecular complexity index is 625. The fourth-order valence-corrected chi connectivity index (χ4v) is 3.56. The third-order valence-corrected chi connectivity index (χ3v) is 5.17. The molecule has 1 N–H and O–H groups in total. The number of nitrogens with zero attached hydrogens (tertiary/aromatic N) is 2. The molecule has 22 heavy (non-hydrogen) atoms.